The SMILES string of the molecule is CCCCCCCCCCCCCCCCC/C=C/CC/C=C/CCCC(O)C(O)C(COC1OC(CO)C(O)C(O)C1O)NC(=O)C(O)CCCCCCCCCCCCCCCCCCCCCCCCC. The Hall–Kier alpha value is -1.41. The van der Waals surface area contributed by atoms with E-state index in [1.165, 1.54) is 218 Å². The number of amides is 1. The molecule has 0 saturated carbocycles. The normalized spacial score (nSPS) is 19.9. The summed E-state index contributed by atoms with van der Waals surface area (Å²) in [5.41, 5.74) is 0. The molecule has 0 aliphatic carbocycles. The van der Waals surface area contributed by atoms with Gasteiger partial charge in [-0.1, -0.05) is 276 Å². The summed E-state index contributed by atoms with van der Waals surface area (Å²) in [6.07, 6.45) is 52.4. The van der Waals surface area contributed by atoms with Crippen LogP contribution in [0.15, 0.2) is 24.3 Å². The fourth-order valence-electron chi connectivity index (χ4n) is 10.3. The molecule has 1 fully saturated rings. The molecule has 1 heterocycles. The van der Waals surface area contributed by atoms with E-state index in [1.54, 1.807) is 0 Å². The molecule has 11 heteroatoms. The average Bonchev–Trinajstić information content (AvgIpc) is 3.40. The van der Waals surface area contributed by atoms with Crippen molar-refractivity contribution in [1.29, 1.82) is 0 Å². The lowest BCUT2D eigenvalue weighted by Crippen LogP contribution is -2.60. The van der Waals surface area contributed by atoms with Gasteiger partial charge >= 0.3 is 0 Å². The molecule has 11 nitrogen and oxygen atoms in total. The maximum absolute atomic E-state index is 13.2. The summed E-state index contributed by atoms with van der Waals surface area (Å²) in [6, 6.07) is -1.19. The number of aliphatic hydroxyl groups excluding tert-OH is 7. The summed E-state index contributed by atoms with van der Waals surface area (Å²) in [4.78, 5) is 13.2. The fraction of sp³-hybridized carbons (Fsp3) is 0.921. The van der Waals surface area contributed by atoms with Crippen LogP contribution in [0.1, 0.15) is 303 Å². The quantitative estimate of drug-likeness (QED) is 0.0215. The van der Waals surface area contributed by atoms with Gasteiger partial charge in [-0.25, -0.2) is 0 Å². The molecule has 438 valence electrons. The van der Waals surface area contributed by atoms with Crippen molar-refractivity contribution < 1.29 is 50.0 Å². The number of unbranched alkanes of at least 4 members (excludes halogenated alkanes) is 39. The topological polar surface area (TPSA) is 189 Å². The molecule has 1 rings (SSSR count). The standard InChI is InChI=1S/C63H121NO10/c1-3-5-7-9-11-13-15-17-19-21-23-25-27-29-30-32-34-36-38-40-42-44-46-48-50-55(66)58(68)54(53-73-63-61(71)60(70)59(69)57(52-65)74-63)64-62(72)56(67)51-49-47-45-43-41-39-37-35-33-31-28-26-24-22-20-18-16-14-12-10-8-6-4-2/h34,36,42,44,54-61,63,65-71H,3-33,35,37-41,43,45-53H2,1-2H3,(H,64,72)/b36-34+,44-42+. The summed E-state index contributed by atoms with van der Waals surface area (Å²) in [5.74, 6) is -0.704. The van der Waals surface area contributed by atoms with E-state index < -0.39 is 74.2 Å². The van der Waals surface area contributed by atoms with Gasteiger partial charge in [0, 0.05) is 0 Å². The predicted octanol–water partition coefficient (Wildman–Crippen LogP) is 14.1. The summed E-state index contributed by atoms with van der Waals surface area (Å²) < 4.78 is 11.2. The summed E-state index contributed by atoms with van der Waals surface area (Å²) in [5, 5.41) is 76.3. The minimum absolute atomic E-state index is 0.249. The van der Waals surface area contributed by atoms with Crippen molar-refractivity contribution in [3.05, 3.63) is 24.3 Å². The number of aliphatic hydroxyl groups is 7. The highest BCUT2D eigenvalue weighted by molar-refractivity contribution is 5.80. The average molecular weight is 1050 g/mol. The Morgan fingerprint density at radius 2 is 0.811 bits per heavy atom. The van der Waals surface area contributed by atoms with Gasteiger partial charge in [0.15, 0.2) is 6.29 Å². The summed E-state index contributed by atoms with van der Waals surface area (Å²) in [6.45, 7) is 3.48. The Labute approximate surface area is 454 Å². The molecule has 0 aromatic rings. The van der Waals surface area contributed by atoms with Crippen LogP contribution in [-0.4, -0.2) is 110 Å². The molecule has 9 unspecified atom stereocenters. The maximum atomic E-state index is 13.2. The van der Waals surface area contributed by atoms with Gasteiger partial charge in [0.05, 0.1) is 25.4 Å². The monoisotopic (exact) mass is 1050 g/mol. The molecule has 0 radical (unpaired) electrons. The van der Waals surface area contributed by atoms with Crippen molar-refractivity contribution >= 4 is 5.91 Å². The minimum atomic E-state index is -1.67. The van der Waals surface area contributed by atoms with E-state index in [1.807, 2.05) is 0 Å². The van der Waals surface area contributed by atoms with Crippen LogP contribution < -0.4 is 5.32 Å². The van der Waals surface area contributed by atoms with E-state index in [4.69, 9.17) is 9.47 Å². The smallest absolute Gasteiger partial charge is 0.249 e. The number of nitrogens with one attached hydrogen (secondary N) is 1. The highest BCUT2D eigenvalue weighted by Gasteiger charge is 2.44. The van der Waals surface area contributed by atoms with Crippen LogP contribution in [-0.2, 0) is 14.3 Å². The summed E-state index contributed by atoms with van der Waals surface area (Å²) >= 11 is 0. The number of carbonyl (C=O) groups is 1. The molecule has 74 heavy (non-hydrogen) atoms. The molecule has 1 saturated heterocycles. The van der Waals surface area contributed by atoms with E-state index in [-0.39, 0.29) is 12.8 Å². The number of carbonyl (C=O) groups excluding carboxylic acids is 1. The van der Waals surface area contributed by atoms with Crippen molar-refractivity contribution in [2.45, 2.75) is 358 Å². The van der Waals surface area contributed by atoms with E-state index in [9.17, 15) is 40.5 Å². The van der Waals surface area contributed by atoms with Crippen LogP contribution >= 0.6 is 0 Å². The second kappa shape index (κ2) is 52.3. The molecule has 1 aliphatic heterocycles. The van der Waals surface area contributed by atoms with Crippen LogP contribution in [0.25, 0.3) is 0 Å². The van der Waals surface area contributed by atoms with Crippen molar-refractivity contribution in [3.8, 4) is 0 Å². The lowest BCUT2D eigenvalue weighted by molar-refractivity contribution is -0.303. The Morgan fingerprint density at radius 3 is 1.20 bits per heavy atom. The van der Waals surface area contributed by atoms with Crippen LogP contribution in [0.5, 0.6) is 0 Å². The lowest BCUT2D eigenvalue weighted by Gasteiger charge is -2.40. The number of hydrogen-bond donors (Lipinski definition) is 8. The first-order chi connectivity index (χ1) is 36.2. The van der Waals surface area contributed by atoms with E-state index in [0.717, 1.165) is 38.5 Å². The Bertz CT molecular complexity index is 1250. The van der Waals surface area contributed by atoms with Gasteiger partial charge in [-0.3, -0.25) is 4.79 Å². The molecule has 0 aromatic carbocycles. The predicted molar refractivity (Wildman–Crippen MR) is 307 cm³/mol. The van der Waals surface area contributed by atoms with E-state index in [0.29, 0.717) is 19.3 Å². The van der Waals surface area contributed by atoms with Crippen LogP contribution in [0.4, 0.5) is 0 Å². The Balaban J connectivity index is 2.29. The van der Waals surface area contributed by atoms with Gasteiger partial charge in [-0.2, -0.15) is 0 Å². The lowest BCUT2D eigenvalue weighted by atomic mass is 9.98. The molecule has 1 aliphatic rings. The zero-order chi connectivity index (χ0) is 54.0. The van der Waals surface area contributed by atoms with Crippen LogP contribution in [0, 0.1) is 0 Å². The molecule has 0 spiro atoms. The number of ether oxygens (including phenoxy) is 2. The molecule has 1 amide bonds. The van der Waals surface area contributed by atoms with E-state index >= 15 is 0 Å². The second-order valence-corrected chi connectivity index (χ2v) is 22.5. The number of hydrogen-bond acceptors (Lipinski definition) is 10. The minimum Gasteiger partial charge on any atom is -0.394 e. The molecule has 8 N–H and O–H groups in total. The second-order valence-electron chi connectivity index (χ2n) is 22.5. The number of allylic oxidation sites excluding steroid dienone is 4. The largest absolute Gasteiger partial charge is 0.394 e. The van der Waals surface area contributed by atoms with Gasteiger partial charge < -0.3 is 50.5 Å². The van der Waals surface area contributed by atoms with Crippen molar-refractivity contribution in [2.75, 3.05) is 13.2 Å². The Kier molecular flexibility index (Phi) is 49.9. The molecular formula is C63H121NO10. The van der Waals surface area contributed by atoms with Gasteiger partial charge in [-0.15, -0.1) is 0 Å². The summed E-state index contributed by atoms with van der Waals surface area (Å²) in [7, 11) is 0. The Morgan fingerprint density at radius 1 is 0.459 bits per heavy atom. The van der Waals surface area contributed by atoms with Crippen LogP contribution in [0.2, 0.25) is 0 Å². The molecule has 9 atom stereocenters. The van der Waals surface area contributed by atoms with Gasteiger partial charge in [0.1, 0.15) is 36.6 Å². The third-order valence-corrected chi connectivity index (χ3v) is 15.5. The van der Waals surface area contributed by atoms with Crippen LogP contribution in [0.3, 0.4) is 0 Å². The third-order valence-electron chi connectivity index (χ3n) is 15.5. The van der Waals surface area contributed by atoms with Crippen molar-refractivity contribution in [1.82, 2.24) is 5.32 Å². The molecular weight excluding hydrogens is 931 g/mol. The van der Waals surface area contributed by atoms with Crippen molar-refractivity contribution in [3.63, 3.8) is 0 Å². The van der Waals surface area contributed by atoms with Gasteiger partial charge in [0.2, 0.25) is 5.91 Å². The molecule has 0 aromatic heterocycles. The zero-order valence-corrected chi connectivity index (χ0v) is 48.1. The first-order valence-corrected chi connectivity index (χ1v) is 31.7. The fourth-order valence-corrected chi connectivity index (χ4v) is 10.3. The van der Waals surface area contributed by atoms with Crippen molar-refractivity contribution in [2.24, 2.45) is 0 Å². The highest BCUT2D eigenvalue weighted by Crippen LogP contribution is 2.24. The van der Waals surface area contributed by atoms with Gasteiger partial charge in [0.25, 0.3) is 0 Å². The number of rotatable bonds is 55. The maximum Gasteiger partial charge on any atom is 0.249 e. The first-order valence-electron chi connectivity index (χ1n) is 31.7. The zero-order valence-electron chi connectivity index (χ0n) is 48.1. The van der Waals surface area contributed by atoms with E-state index in [2.05, 4.69) is 43.5 Å². The molecule has 0 bridgehead atoms. The van der Waals surface area contributed by atoms with Gasteiger partial charge in [-0.05, 0) is 51.4 Å². The first kappa shape index (κ1) is 70.6. The highest BCUT2D eigenvalue weighted by atomic mass is 16.7. The third kappa shape index (κ3) is 39.9.